The van der Waals surface area contributed by atoms with E-state index in [0.717, 1.165) is 31.2 Å². The molecule has 138 valence electrons. The summed E-state index contributed by atoms with van der Waals surface area (Å²) in [4.78, 5) is 12.4. The largest absolute Gasteiger partial charge is 0.352 e. The van der Waals surface area contributed by atoms with Crippen LogP contribution in [0.15, 0.2) is 29.2 Å². The maximum atomic E-state index is 12.5. The van der Waals surface area contributed by atoms with Gasteiger partial charge >= 0.3 is 0 Å². The molecule has 3 N–H and O–H groups in total. The molecular formula is C18H27N3O3S. The van der Waals surface area contributed by atoms with E-state index >= 15 is 0 Å². The van der Waals surface area contributed by atoms with Crippen molar-refractivity contribution in [1.29, 1.82) is 0 Å². The third-order valence-corrected chi connectivity index (χ3v) is 6.97. The van der Waals surface area contributed by atoms with Crippen molar-refractivity contribution in [3.05, 3.63) is 29.8 Å². The van der Waals surface area contributed by atoms with E-state index in [4.69, 9.17) is 5.73 Å². The zero-order valence-corrected chi connectivity index (χ0v) is 15.3. The lowest BCUT2D eigenvalue weighted by Crippen LogP contribution is -2.41. The number of amides is 1. The van der Waals surface area contributed by atoms with Crippen LogP contribution in [0.1, 0.15) is 37.7 Å². The van der Waals surface area contributed by atoms with Gasteiger partial charge in [-0.2, -0.15) is 4.31 Å². The van der Waals surface area contributed by atoms with Gasteiger partial charge in [0.05, 0.1) is 4.90 Å². The highest BCUT2D eigenvalue weighted by Gasteiger charge is 2.31. The average molecular weight is 365 g/mol. The predicted molar refractivity (Wildman–Crippen MR) is 96.5 cm³/mol. The molecule has 1 aliphatic heterocycles. The molecule has 1 aromatic carbocycles. The van der Waals surface area contributed by atoms with Crippen LogP contribution in [0.3, 0.4) is 0 Å². The Morgan fingerprint density at radius 1 is 1.20 bits per heavy atom. The highest BCUT2D eigenvalue weighted by molar-refractivity contribution is 7.89. The summed E-state index contributed by atoms with van der Waals surface area (Å²) in [7, 11) is -3.37. The lowest BCUT2D eigenvalue weighted by molar-refractivity contribution is -0.121. The summed E-state index contributed by atoms with van der Waals surface area (Å²) >= 11 is 0. The molecule has 1 heterocycles. The number of benzene rings is 1. The van der Waals surface area contributed by atoms with E-state index in [2.05, 4.69) is 5.32 Å². The van der Waals surface area contributed by atoms with Crippen LogP contribution in [0, 0.1) is 5.92 Å². The van der Waals surface area contributed by atoms with Crippen LogP contribution in [0.5, 0.6) is 0 Å². The third-order valence-electron chi connectivity index (χ3n) is 5.06. The van der Waals surface area contributed by atoms with Crippen LogP contribution in [0.25, 0.3) is 0 Å². The summed E-state index contributed by atoms with van der Waals surface area (Å²) in [6.07, 6.45) is 5.14. The molecule has 3 rings (SSSR count). The van der Waals surface area contributed by atoms with Gasteiger partial charge in [-0.05, 0) is 55.7 Å². The van der Waals surface area contributed by atoms with Gasteiger partial charge < -0.3 is 11.1 Å². The van der Waals surface area contributed by atoms with Crippen molar-refractivity contribution >= 4 is 15.9 Å². The zero-order valence-electron chi connectivity index (χ0n) is 14.5. The number of aryl methyl sites for hydroxylation is 1. The van der Waals surface area contributed by atoms with E-state index in [-0.39, 0.29) is 11.9 Å². The minimum atomic E-state index is -3.37. The fourth-order valence-electron chi connectivity index (χ4n) is 3.31. The first kappa shape index (κ1) is 18.4. The summed E-state index contributed by atoms with van der Waals surface area (Å²) < 4.78 is 26.5. The van der Waals surface area contributed by atoms with Gasteiger partial charge in [0.25, 0.3) is 0 Å². The summed E-state index contributed by atoms with van der Waals surface area (Å²) in [5, 5.41) is 3.01. The Labute approximate surface area is 149 Å². The molecular weight excluding hydrogens is 338 g/mol. The minimum Gasteiger partial charge on any atom is -0.352 e. The molecule has 1 unspecified atom stereocenters. The molecule has 1 aromatic rings. The maximum Gasteiger partial charge on any atom is 0.243 e. The Bertz CT molecular complexity index is 693. The highest BCUT2D eigenvalue weighted by Crippen LogP contribution is 2.32. The number of nitrogens with zero attached hydrogens (tertiary/aromatic N) is 1. The first-order valence-electron chi connectivity index (χ1n) is 9.09. The Balaban J connectivity index is 1.53. The number of hydrogen-bond acceptors (Lipinski definition) is 4. The van der Waals surface area contributed by atoms with Gasteiger partial charge in [-0.15, -0.1) is 0 Å². The Kier molecular flexibility index (Phi) is 5.76. The second-order valence-electron chi connectivity index (χ2n) is 7.00. The highest BCUT2D eigenvalue weighted by atomic mass is 32.2. The molecule has 1 saturated carbocycles. The van der Waals surface area contributed by atoms with E-state index in [9.17, 15) is 13.2 Å². The molecule has 2 aliphatic rings. The number of carbonyl (C=O) groups is 1. The summed E-state index contributed by atoms with van der Waals surface area (Å²) in [6, 6.07) is 7.00. The Hall–Kier alpha value is -1.44. The number of hydrogen-bond donors (Lipinski definition) is 2. The Morgan fingerprint density at radius 2 is 1.84 bits per heavy atom. The van der Waals surface area contributed by atoms with Crippen molar-refractivity contribution in [3.8, 4) is 0 Å². The zero-order chi connectivity index (χ0) is 17.9. The summed E-state index contributed by atoms with van der Waals surface area (Å²) in [5.74, 6) is 0.556. The average Bonchev–Trinajstić information content (AvgIpc) is 3.30. The number of sulfonamides is 1. The second-order valence-corrected chi connectivity index (χ2v) is 8.94. The molecule has 0 bridgehead atoms. The monoisotopic (exact) mass is 365 g/mol. The lowest BCUT2D eigenvalue weighted by atomic mass is 10.1. The maximum absolute atomic E-state index is 12.5. The van der Waals surface area contributed by atoms with Gasteiger partial charge in [-0.1, -0.05) is 12.1 Å². The number of rotatable bonds is 8. The van der Waals surface area contributed by atoms with Crippen LogP contribution < -0.4 is 11.1 Å². The molecule has 0 spiro atoms. The topological polar surface area (TPSA) is 92.5 Å². The van der Waals surface area contributed by atoms with Crippen molar-refractivity contribution in [1.82, 2.24) is 9.62 Å². The van der Waals surface area contributed by atoms with Gasteiger partial charge in [0.2, 0.25) is 15.9 Å². The van der Waals surface area contributed by atoms with Crippen molar-refractivity contribution in [3.63, 3.8) is 0 Å². The van der Waals surface area contributed by atoms with Crippen molar-refractivity contribution in [2.75, 3.05) is 19.6 Å². The molecule has 1 aliphatic carbocycles. The van der Waals surface area contributed by atoms with Gasteiger partial charge in [-0.3, -0.25) is 4.79 Å². The smallest absolute Gasteiger partial charge is 0.243 e. The molecule has 7 heteroatoms. The van der Waals surface area contributed by atoms with Crippen molar-refractivity contribution < 1.29 is 13.2 Å². The minimum absolute atomic E-state index is 0.0103. The van der Waals surface area contributed by atoms with Crippen molar-refractivity contribution in [2.45, 2.75) is 49.5 Å². The molecule has 25 heavy (non-hydrogen) atoms. The number of carbonyl (C=O) groups excluding carboxylic acids is 1. The van der Waals surface area contributed by atoms with E-state index in [1.54, 1.807) is 28.6 Å². The predicted octanol–water partition coefficient (Wildman–Crippen LogP) is 1.26. The molecule has 1 amide bonds. The molecule has 0 aromatic heterocycles. The van der Waals surface area contributed by atoms with E-state index in [1.807, 2.05) is 0 Å². The van der Waals surface area contributed by atoms with E-state index < -0.39 is 10.0 Å². The molecule has 6 nitrogen and oxygen atoms in total. The molecule has 2 fully saturated rings. The fourth-order valence-corrected chi connectivity index (χ4v) is 4.83. The summed E-state index contributed by atoms with van der Waals surface area (Å²) in [6.45, 7) is 1.70. The van der Waals surface area contributed by atoms with Gasteiger partial charge in [0.15, 0.2) is 0 Å². The van der Waals surface area contributed by atoms with Crippen LogP contribution in [-0.2, 0) is 21.2 Å². The van der Waals surface area contributed by atoms with Gasteiger partial charge in [-0.25, -0.2) is 8.42 Å². The molecule has 1 atom stereocenters. The van der Waals surface area contributed by atoms with Crippen molar-refractivity contribution in [2.24, 2.45) is 11.7 Å². The van der Waals surface area contributed by atoms with Crippen LogP contribution in [0.4, 0.5) is 0 Å². The lowest BCUT2D eigenvalue weighted by Gasteiger charge is -2.16. The van der Waals surface area contributed by atoms with E-state index in [1.165, 1.54) is 0 Å². The number of nitrogens with two attached hydrogens (primary N) is 1. The van der Waals surface area contributed by atoms with Gasteiger partial charge in [0.1, 0.15) is 0 Å². The SMILES string of the molecule is NCC(NC(=O)CCc1ccc(S(=O)(=O)N2CCCC2)cc1)C1CC1. The standard InChI is InChI=1S/C18H27N3O3S/c19-13-17(15-6-7-15)20-18(22)10-5-14-3-8-16(9-4-14)25(23,24)21-11-1-2-12-21/h3-4,8-9,15,17H,1-2,5-7,10-13,19H2,(H,20,22). The quantitative estimate of drug-likeness (QED) is 0.725. The van der Waals surface area contributed by atoms with Crippen LogP contribution in [-0.4, -0.2) is 44.3 Å². The fraction of sp³-hybridized carbons (Fsp3) is 0.611. The first-order chi connectivity index (χ1) is 12.0. The van der Waals surface area contributed by atoms with Crippen LogP contribution in [0.2, 0.25) is 0 Å². The number of nitrogens with one attached hydrogen (secondary N) is 1. The summed E-state index contributed by atoms with van der Waals surface area (Å²) in [5.41, 5.74) is 6.67. The molecule has 0 radical (unpaired) electrons. The second kappa shape index (κ2) is 7.85. The normalized spacial score (nSPS) is 19.7. The van der Waals surface area contributed by atoms with Gasteiger partial charge in [0, 0.05) is 32.1 Å². The van der Waals surface area contributed by atoms with E-state index in [0.29, 0.717) is 43.3 Å². The Morgan fingerprint density at radius 3 is 2.40 bits per heavy atom. The first-order valence-corrected chi connectivity index (χ1v) is 10.5. The van der Waals surface area contributed by atoms with Crippen LogP contribution >= 0.6 is 0 Å². The molecule has 1 saturated heterocycles. The third kappa shape index (κ3) is 4.59.